The van der Waals surface area contributed by atoms with Gasteiger partial charge in [0.15, 0.2) is 0 Å². The van der Waals surface area contributed by atoms with Gasteiger partial charge in [0.05, 0.1) is 6.04 Å². The molecule has 6 heteroatoms. The van der Waals surface area contributed by atoms with E-state index >= 15 is 0 Å². The van der Waals surface area contributed by atoms with Gasteiger partial charge in [-0.1, -0.05) is 0 Å². The highest BCUT2D eigenvalue weighted by molar-refractivity contribution is 7.46. The van der Waals surface area contributed by atoms with Crippen LogP contribution in [0.15, 0.2) is 0 Å². The lowest BCUT2D eigenvalue weighted by Gasteiger charge is -2.06. The SMILES string of the molecule is CCNC(=O)CC[C@H](N)C(=O)[PH2]=O. The molecular weight excluding hydrogens is 191 g/mol. The van der Waals surface area contributed by atoms with Crippen LogP contribution in [0.4, 0.5) is 0 Å². The Morgan fingerprint density at radius 1 is 1.54 bits per heavy atom. The van der Waals surface area contributed by atoms with Gasteiger partial charge >= 0.3 is 0 Å². The Morgan fingerprint density at radius 3 is 2.62 bits per heavy atom. The van der Waals surface area contributed by atoms with Gasteiger partial charge in [0.1, 0.15) is 8.46 Å². The van der Waals surface area contributed by atoms with Crippen LogP contribution in [0, 0.1) is 0 Å². The second-order valence-corrected chi connectivity index (χ2v) is 3.42. The minimum absolute atomic E-state index is 0.133. The molecule has 0 aliphatic carbocycles. The Labute approximate surface area is 78.3 Å². The average Bonchev–Trinajstić information content (AvgIpc) is 2.13. The van der Waals surface area contributed by atoms with Crippen molar-refractivity contribution < 1.29 is 14.2 Å². The molecular formula is C7H15N2O3P. The third-order valence-corrected chi connectivity index (χ3v) is 2.20. The van der Waals surface area contributed by atoms with Crippen LogP contribution in [-0.4, -0.2) is 24.0 Å². The van der Waals surface area contributed by atoms with E-state index in [-0.39, 0.29) is 18.7 Å². The molecule has 0 saturated heterocycles. The van der Waals surface area contributed by atoms with Crippen molar-refractivity contribution in [3.8, 4) is 0 Å². The zero-order chi connectivity index (χ0) is 10.3. The van der Waals surface area contributed by atoms with Crippen molar-refractivity contribution in [1.82, 2.24) is 5.32 Å². The molecule has 76 valence electrons. The lowest BCUT2D eigenvalue weighted by Crippen LogP contribution is -2.30. The summed E-state index contributed by atoms with van der Waals surface area (Å²) < 4.78 is 10.2. The van der Waals surface area contributed by atoms with E-state index in [0.717, 1.165) is 0 Å². The standard InChI is InChI=1S/C7H15N2O3P/c1-2-9-6(10)4-3-5(8)7(11)13-12/h5H,2-4,8,13H2,1H3,(H,9,10)/t5-/m0/s1. The van der Waals surface area contributed by atoms with Gasteiger partial charge in [0.2, 0.25) is 11.4 Å². The van der Waals surface area contributed by atoms with Crippen molar-refractivity contribution in [3.05, 3.63) is 0 Å². The Balaban J connectivity index is 3.69. The normalized spacial score (nSPS) is 13.1. The highest BCUT2D eigenvalue weighted by atomic mass is 31.1. The summed E-state index contributed by atoms with van der Waals surface area (Å²) in [6.07, 6.45) is 0.472. The summed E-state index contributed by atoms with van der Waals surface area (Å²) in [5.41, 5.74) is 4.91. The number of nitrogens with one attached hydrogen (secondary N) is 1. The molecule has 0 rings (SSSR count). The molecule has 0 saturated carbocycles. The minimum atomic E-state index is -1.47. The number of amides is 1. The molecule has 5 nitrogen and oxygen atoms in total. The fourth-order valence-corrected chi connectivity index (χ4v) is 1.14. The first-order valence-electron chi connectivity index (χ1n) is 4.13. The predicted octanol–water partition coefficient (Wildman–Crippen LogP) is -0.487. The van der Waals surface area contributed by atoms with Gasteiger partial charge in [0.25, 0.3) is 0 Å². The van der Waals surface area contributed by atoms with Gasteiger partial charge in [-0.3, -0.25) is 9.59 Å². The summed E-state index contributed by atoms with van der Waals surface area (Å²) >= 11 is 0. The fraction of sp³-hybridized carbons (Fsp3) is 0.714. The molecule has 0 aromatic heterocycles. The van der Waals surface area contributed by atoms with E-state index in [1.807, 2.05) is 6.92 Å². The molecule has 2 atom stereocenters. The molecule has 0 heterocycles. The van der Waals surface area contributed by atoms with Crippen molar-refractivity contribution in [2.45, 2.75) is 25.8 Å². The number of nitrogens with two attached hydrogens (primary N) is 1. The van der Waals surface area contributed by atoms with Gasteiger partial charge < -0.3 is 15.6 Å². The van der Waals surface area contributed by atoms with Crippen LogP contribution in [0.3, 0.4) is 0 Å². The van der Waals surface area contributed by atoms with E-state index in [1.54, 1.807) is 0 Å². The van der Waals surface area contributed by atoms with Gasteiger partial charge in [-0.25, -0.2) is 0 Å². The highest BCUT2D eigenvalue weighted by Gasteiger charge is 2.12. The molecule has 13 heavy (non-hydrogen) atoms. The maximum Gasteiger partial charge on any atom is 0.220 e. The predicted molar refractivity (Wildman–Crippen MR) is 51.3 cm³/mol. The zero-order valence-corrected chi connectivity index (χ0v) is 8.73. The van der Waals surface area contributed by atoms with Crippen LogP contribution in [0.2, 0.25) is 0 Å². The van der Waals surface area contributed by atoms with E-state index in [4.69, 9.17) is 5.73 Å². The maximum absolute atomic E-state index is 10.9. The van der Waals surface area contributed by atoms with Gasteiger partial charge in [-0.15, -0.1) is 0 Å². The monoisotopic (exact) mass is 206 g/mol. The first-order valence-corrected chi connectivity index (χ1v) is 5.18. The van der Waals surface area contributed by atoms with E-state index in [2.05, 4.69) is 5.32 Å². The second-order valence-electron chi connectivity index (χ2n) is 2.62. The van der Waals surface area contributed by atoms with Gasteiger partial charge in [-0.05, 0) is 13.3 Å². The fourth-order valence-electron chi connectivity index (χ4n) is 0.802. The quantitative estimate of drug-likeness (QED) is 0.574. The lowest BCUT2D eigenvalue weighted by molar-refractivity contribution is -0.121. The van der Waals surface area contributed by atoms with Crippen LogP contribution >= 0.6 is 8.46 Å². The smallest absolute Gasteiger partial charge is 0.220 e. The van der Waals surface area contributed by atoms with Gasteiger partial charge in [0, 0.05) is 13.0 Å². The molecule has 0 spiro atoms. The topological polar surface area (TPSA) is 89.3 Å². The largest absolute Gasteiger partial charge is 0.356 e. The van der Waals surface area contributed by atoms with Crippen molar-refractivity contribution in [3.63, 3.8) is 0 Å². The molecule has 0 fully saturated rings. The number of rotatable bonds is 6. The van der Waals surface area contributed by atoms with Crippen LogP contribution in [0.5, 0.6) is 0 Å². The summed E-state index contributed by atoms with van der Waals surface area (Å²) in [4.78, 5) is 21.7. The van der Waals surface area contributed by atoms with Crippen LogP contribution in [0.1, 0.15) is 19.8 Å². The first-order chi connectivity index (χ1) is 6.11. The zero-order valence-electron chi connectivity index (χ0n) is 7.58. The molecule has 3 N–H and O–H groups in total. The van der Waals surface area contributed by atoms with E-state index in [1.165, 1.54) is 0 Å². The number of carbonyl (C=O) groups excluding carboxylic acids is 2. The maximum atomic E-state index is 10.9. The van der Waals surface area contributed by atoms with Gasteiger partial charge in [-0.2, -0.15) is 0 Å². The van der Waals surface area contributed by atoms with Crippen LogP contribution in [-0.2, 0) is 14.2 Å². The lowest BCUT2D eigenvalue weighted by atomic mass is 10.2. The van der Waals surface area contributed by atoms with Crippen molar-refractivity contribution in [1.29, 1.82) is 0 Å². The Bertz CT molecular complexity index is 208. The van der Waals surface area contributed by atoms with Crippen LogP contribution < -0.4 is 11.1 Å². The number of hydrogen-bond acceptors (Lipinski definition) is 4. The van der Waals surface area contributed by atoms with E-state index in [0.29, 0.717) is 6.54 Å². The third-order valence-electron chi connectivity index (χ3n) is 1.54. The number of carbonyl (C=O) groups is 2. The minimum Gasteiger partial charge on any atom is -0.356 e. The average molecular weight is 206 g/mol. The molecule has 0 aliphatic heterocycles. The second kappa shape index (κ2) is 6.80. The third kappa shape index (κ3) is 5.55. The summed E-state index contributed by atoms with van der Waals surface area (Å²) in [6, 6.07) is -0.755. The molecule has 0 aliphatic rings. The summed E-state index contributed by atoms with van der Waals surface area (Å²) in [5.74, 6) is -0.133. The highest BCUT2D eigenvalue weighted by Crippen LogP contribution is 2.03. The summed E-state index contributed by atoms with van der Waals surface area (Å²) in [6.45, 7) is 2.37. The Hall–Kier alpha value is -0.670. The van der Waals surface area contributed by atoms with Crippen molar-refractivity contribution >= 4 is 19.9 Å². The van der Waals surface area contributed by atoms with E-state index in [9.17, 15) is 14.2 Å². The molecule has 0 radical (unpaired) electrons. The molecule has 1 amide bonds. The first kappa shape index (κ1) is 12.3. The molecule has 0 bridgehead atoms. The Morgan fingerprint density at radius 2 is 2.15 bits per heavy atom. The van der Waals surface area contributed by atoms with Crippen molar-refractivity contribution in [2.75, 3.05) is 6.54 Å². The van der Waals surface area contributed by atoms with E-state index < -0.39 is 20.0 Å². The molecule has 0 aromatic carbocycles. The van der Waals surface area contributed by atoms with Crippen LogP contribution in [0.25, 0.3) is 0 Å². The number of hydrogen-bond donors (Lipinski definition) is 2. The Kier molecular flexibility index (Phi) is 6.45. The molecule has 0 aromatic rings. The molecule has 1 unspecified atom stereocenters. The summed E-state index contributed by atoms with van der Waals surface area (Å²) in [7, 11) is -1.47. The summed E-state index contributed by atoms with van der Waals surface area (Å²) in [5, 5.41) is 2.58. The van der Waals surface area contributed by atoms with Crippen molar-refractivity contribution in [2.24, 2.45) is 5.73 Å².